The zero-order valence-corrected chi connectivity index (χ0v) is 17.6. The van der Waals surface area contributed by atoms with Crippen LogP contribution >= 0.6 is 0 Å². The van der Waals surface area contributed by atoms with Gasteiger partial charge in [-0.2, -0.15) is 25.9 Å². The Labute approximate surface area is 169 Å². The van der Waals surface area contributed by atoms with Crippen molar-refractivity contribution in [1.29, 1.82) is 0 Å². The average molecular weight is 454 g/mol. The first-order valence-electron chi connectivity index (χ1n) is 8.79. The Morgan fingerprint density at radius 2 is 1.62 bits per heavy atom. The molecule has 0 heterocycles. The summed E-state index contributed by atoms with van der Waals surface area (Å²) in [5, 5.41) is 0. The van der Waals surface area contributed by atoms with Gasteiger partial charge >= 0.3 is 6.18 Å². The molecule has 0 aromatic heterocycles. The second kappa shape index (κ2) is 9.04. The van der Waals surface area contributed by atoms with Crippen molar-refractivity contribution < 1.29 is 34.2 Å². The predicted molar refractivity (Wildman–Crippen MR) is 101 cm³/mol. The molecule has 0 spiro atoms. The van der Waals surface area contributed by atoms with Crippen molar-refractivity contribution >= 4 is 20.1 Å². The number of hydrogen-bond acceptors (Lipinski definition) is 5. The minimum Gasteiger partial charge on any atom is -0.257 e. The molecular formula is C18H22F3NO5S2. The van der Waals surface area contributed by atoms with Crippen molar-refractivity contribution in [2.24, 2.45) is 5.92 Å². The fourth-order valence-electron chi connectivity index (χ4n) is 3.08. The predicted octanol–water partition coefficient (Wildman–Crippen LogP) is 2.86. The molecule has 0 radical (unpaired) electrons. The van der Waals surface area contributed by atoms with Crippen LogP contribution in [0.5, 0.6) is 0 Å². The van der Waals surface area contributed by atoms with Gasteiger partial charge in [0, 0.05) is 19.0 Å². The fourth-order valence-corrected chi connectivity index (χ4v) is 4.77. The number of nitrogens with zero attached hydrogens (tertiary/aromatic N) is 1. The molecule has 162 valence electrons. The minimum atomic E-state index is -4.53. The van der Waals surface area contributed by atoms with E-state index in [9.17, 15) is 30.0 Å². The van der Waals surface area contributed by atoms with Crippen LogP contribution in [-0.2, 0) is 30.5 Å². The number of rotatable bonds is 5. The maximum absolute atomic E-state index is 12.7. The largest absolute Gasteiger partial charge is 0.416 e. The molecule has 0 unspecified atom stereocenters. The van der Waals surface area contributed by atoms with Gasteiger partial charge in [0.05, 0.1) is 16.7 Å². The van der Waals surface area contributed by atoms with Gasteiger partial charge in [0.2, 0.25) is 10.0 Å². The van der Waals surface area contributed by atoms with E-state index in [-0.39, 0.29) is 23.5 Å². The number of alkyl halides is 3. The quantitative estimate of drug-likeness (QED) is 0.506. The van der Waals surface area contributed by atoms with E-state index < -0.39 is 31.9 Å². The molecule has 0 aliphatic heterocycles. The molecule has 0 amide bonds. The van der Waals surface area contributed by atoms with Gasteiger partial charge in [-0.25, -0.2) is 8.42 Å². The molecule has 1 saturated carbocycles. The summed E-state index contributed by atoms with van der Waals surface area (Å²) in [5.74, 6) is 5.60. The summed E-state index contributed by atoms with van der Waals surface area (Å²) < 4.78 is 90.9. The van der Waals surface area contributed by atoms with Crippen LogP contribution in [0.2, 0.25) is 0 Å². The van der Waals surface area contributed by atoms with Crippen LogP contribution < -0.4 is 0 Å². The molecule has 1 aromatic carbocycles. The van der Waals surface area contributed by atoms with Crippen LogP contribution in [0, 0.1) is 17.8 Å². The highest BCUT2D eigenvalue weighted by Crippen LogP contribution is 2.32. The molecule has 0 saturated heterocycles. The van der Waals surface area contributed by atoms with Crippen LogP contribution in [0.25, 0.3) is 0 Å². The third-order valence-electron chi connectivity index (χ3n) is 4.72. The fraction of sp³-hybridized carbons (Fsp3) is 0.556. The Morgan fingerprint density at radius 1 is 1.07 bits per heavy atom. The van der Waals surface area contributed by atoms with E-state index in [2.05, 4.69) is 16.0 Å². The average Bonchev–Trinajstić information content (AvgIpc) is 2.64. The summed E-state index contributed by atoms with van der Waals surface area (Å²) >= 11 is 0. The lowest BCUT2D eigenvalue weighted by Gasteiger charge is -2.32. The highest BCUT2D eigenvalue weighted by Gasteiger charge is 2.33. The van der Waals surface area contributed by atoms with Gasteiger partial charge < -0.3 is 0 Å². The van der Waals surface area contributed by atoms with Crippen molar-refractivity contribution in [3.63, 3.8) is 0 Å². The highest BCUT2D eigenvalue weighted by molar-refractivity contribution is 7.89. The molecule has 29 heavy (non-hydrogen) atoms. The van der Waals surface area contributed by atoms with Crippen LogP contribution in [0.1, 0.15) is 31.2 Å². The van der Waals surface area contributed by atoms with Gasteiger partial charge in [-0.1, -0.05) is 11.8 Å². The molecule has 1 aliphatic carbocycles. The molecule has 0 bridgehead atoms. The number of sulfonamides is 1. The van der Waals surface area contributed by atoms with Gasteiger partial charge in [0.1, 0.15) is 6.61 Å². The van der Waals surface area contributed by atoms with E-state index in [0.29, 0.717) is 25.7 Å². The van der Waals surface area contributed by atoms with E-state index in [1.165, 1.54) is 11.4 Å². The van der Waals surface area contributed by atoms with Crippen molar-refractivity contribution in [1.82, 2.24) is 4.31 Å². The van der Waals surface area contributed by atoms with Crippen molar-refractivity contribution in [3.05, 3.63) is 29.8 Å². The SMILES string of the molecule is CN(C1CCC(C#CCOS(C)(=O)=O)CC1)S(=O)(=O)c1ccc(C(F)(F)F)cc1. The van der Waals surface area contributed by atoms with Gasteiger partial charge in [-0.3, -0.25) is 4.18 Å². The molecule has 1 aromatic rings. The number of halogens is 3. The van der Waals surface area contributed by atoms with Crippen molar-refractivity contribution in [3.8, 4) is 11.8 Å². The van der Waals surface area contributed by atoms with Gasteiger partial charge in [-0.15, -0.1) is 0 Å². The third kappa shape index (κ3) is 6.70. The van der Waals surface area contributed by atoms with Crippen LogP contribution in [0.3, 0.4) is 0 Å². The van der Waals surface area contributed by atoms with E-state index >= 15 is 0 Å². The summed E-state index contributed by atoms with van der Waals surface area (Å²) in [4.78, 5) is -0.187. The van der Waals surface area contributed by atoms with Crippen LogP contribution in [-0.4, -0.2) is 47.1 Å². The Hall–Kier alpha value is -1.61. The topological polar surface area (TPSA) is 80.8 Å². The van der Waals surface area contributed by atoms with Gasteiger partial charge in [0.15, 0.2) is 0 Å². The number of benzene rings is 1. The summed E-state index contributed by atoms with van der Waals surface area (Å²) in [6.45, 7) is -0.221. The Kier molecular flexibility index (Phi) is 7.37. The minimum absolute atomic E-state index is 0.0107. The summed E-state index contributed by atoms with van der Waals surface area (Å²) in [6.07, 6.45) is -1.25. The Balaban J connectivity index is 1.97. The van der Waals surface area contributed by atoms with Crippen molar-refractivity contribution in [2.45, 2.75) is 42.8 Å². The first-order chi connectivity index (χ1) is 13.3. The monoisotopic (exact) mass is 453 g/mol. The van der Waals surface area contributed by atoms with E-state index in [1.807, 2.05) is 0 Å². The van der Waals surface area contributed by atoms with Gasteiger partial charge in [-0.05, 0) is 49.9 Å². The zero-order chi connectivity index (χ0) is 21.9. The summed E-state index contributed by atoms with van der Waals surface area (Å²) in [6, 6.07) is 3.16. The Bertz CT molecular complexity index is 969. The smallest absolute Gasteiger partial charge is 0.257 e. The van der Waals surface area contributed by atoms with Crippen molar-refractivity contribution in [2.75, 3.05) is 19.9 Å². The second-order valence-electron chi connectivity index (χ2n) is 6.84. The molecule has 11 heteroatoms. The van der Waals surface area contributed by atoms with E-state index in [0.717, 1.165) is 30.5 Å². The standard InChI is InChI=1S/C18H22F3NO5S2/c1-22(29(25,26)17-11-7-15(8-12-17)18(19,20)21)16-9-5-14(6-10-16)4-3-13-27-28(2,23)24/h7-8,11-12,14,16H,5-6,9-10,13H2,1-2H3. The maximum Gasteiger partial charge on any atom is 0.416 e. The highest BCUT2D eigenvalue weighted by atomic mass is 32.2. The molecular weight excluding hydrogens is 431 g/mol. The van der Waals surface area contributed by atoms with Gasteiger partial charge in [0.25, 0.3) is 10.1 Å². The summed E-state index contributed by atoms with van der Waals surface area (Å²) in [5.41, 5.74) is -0.905. The zero-order valence-electron chi connectivity index (χ0n) is 15.9. The molecule has 2 rings (SSSR count). The van der Waals surface area contributed by atoms with E-state index in [1.54, 1.807) is 0 Å². The maximum atomic E-state index is 12.7. The lowest BCUT2D eigenvalue weighted by atomic mass is 9.86. The Morgan fingerprint density at radius 3 is 2.10 bits per heavy atom. The molecule has 6 nitrogen and oxygen atoms in total. The molecule has 0 atom stereocenters. The first kappa shape index (κ1) is 23.7. The second-order valence-corrected chi connectivity index (χ2v) is 10.5. The van der Waals surface area contributed by atoms with Crippen LogP contribution in [0.15, 0.2) is 29.2 Å². The third-order valence-corrected chi connectivity index (χ3v) is 7.19. The van der Waals surface area contributed by atoms with E-state index in [4.69, 9.17) is 0 Å². The first-order valence-corrected chi connectivity index (χ1v) is 12.0. The molecule has 1 fully saturated rings. The van der Waals surface area contributed by atoms with Crippen LogP contribution in [0.4, 0.5) is 13.2 Å². The molecule has 0 N–H and O–H groups in total. The molecule has 1 aliphatic rings. The normalized spacial score (nSPS) is 20.9. The summed E-state index contributed by atoms with van der Waals surface area (Å²) in [7, 11) is -6.03. The lowest BCUT2D eigenvalue weighted by molar-refractivity contribution is -0.137. The lowest BCUT2D eigenvalue weighted by Crippen LogP contribution is -2.39. The number of hydrogen-bond donors (Lipinski definition) is 0.